The van der Waals surface area contributed by atoms with Crippen molar-refractivity contribution in [2.45, 2.75) is 6.92 Å². The van der Waals surface area contributed by atoms with Crippen molar-refractivity contribution in [3.8, 4) is 6.07 Å². The number of aldehydes is 1. The molecule has 0 aliphatic heterocycles. The van der Waals surface area contributed by atoms with E-state index < -0.39 is 0 Å². The maximum atomic E-state index is 11.4. The molecule has 0 fully saturated rings. The van der Waals surface area contributed by atoms with Gasteiger partial charge in [0, 0.05) is 11.1 Å². The molecule has 0 unspecified atom stereocenters. The number of hydrogen-bond acceptors (Lipinski definition) is 3. The summed E-state index contributed by atoms with van der Waals surface area (Å²) in [6.45, 7) is 1.68. The van der Waals surface area contributed by atoms with E-state index in [1.54, 1.807) is 13.0 Å². The Kier molecular flexibility index (Phi) is 3.59. The lowest BCUT2D eigenvalue weighted by atomic mass is 9.97. The van der Waals surface area contributed by atoms with Crippen LogP contribution in [0.2, 0.25) is 0 Å². The summed E-state index contributed by atoms with van der Waals surface area (Å²) in [6, 6.07) is 4.88. The molecular formula is C11H8ClNO2. The van der Waals surface area contributed by atoms with Gasteiger partial charge in [-0.25, -0.2) is 0 Å². The average molecular weight is 222 g/mol. The second-order valence-corrected chi connectivity index (χ2v) is 3.31. The maximum Gasteiger partial charge on any atom is 0.178 e. The molecule has 0 bridgehead atoms. The van der Waals surface area contributed by atoms with Gasteiger partial charge in [-0.05, 0) is 24.6 Å². The molecule has 0 aliphatic carbocycles. The van der Waals surface area contributed by atoms with Gasteiger partial charge in [-0.15, -0.1) is 11.6 Å². The van der Waals surface area contributed by atoms with E-state index >= 15 is 0 Å². The zero-order valence-corrected chi connectivity index (χ0v) is 8.84. The minimum atomic E-state index is -0.348. The Morgan fingerprint density at radius 1 is 1.60 bits per heavy atom. The highest BCUT2D eigenvalue weighted by Gasteiger charge is 2.13. The van der Waals surface area contributed by atoms with Crippen molar-refractivity contribution in [3.05, 3.63) is 34.4 Å². The van der Waals surface area contributed by atoms with Gasteiger partial charge < -0.3 is 0 Å². The molecule has 0 amide bonds. The van der Waals surface area contributed by atoms with Gasteiger partial charge in [0.25, 0.3) is 0 Å². The highest BCUT2D eigenvalue weighted by molar-refractivity contribution is 6.31. The molecule has 0 saturated carbocycles. The third kappa shape index (κ3) is 2.23. The van der Waals surface area contributed by atoms with Gasteiger partial charge in [0.15, 0.2) is 12.1 Å². The van der Waals surface area contributed by atoms with Gasteiger partial charge >= 0.3 is 0 Å². The molecule has 4 heteroatoms. The summed E-state index contributed by atoms with van der Waals surface area (Å²) in [4.78, 5) is 22.2. The van der Waals surface area contributed by atoms with Crippen LogP contribution in [-0.2, 0) is 0 Å². The number of hydrogen-bond donors (Lipinski definition) is 0. The number of benzene rings is 1. The van der Waals surface area contributed by atoms with Crippen molar-refractivity contribution in [3.63, 3.8) is 0 Å². The number of alkyl halides is 1. The van der Waals surface area contributed by atoms with Gasteiger partial charge in [0.1, 0.15) is 0 Å². The summed E-state index contributed by atoms with van der Waals surface area (Å²) >= 11 is 5.41. The summed E-state index contributed by atoms with van der Waals surface area (Å²) in [5.74, 6) is -0.547. The monoisotopic (exact) mass is 221 g/mol. The molecule has 0 atom stereocenters. The number of ketones is 1. The van der Waals surface area contributed by atoms with Gasteiger partial charge in [0.05, 0.1) is 17.5 Å². The summed E-state index contributed by atoms with van der Waals surface area (Å²) in [6.07, 6.45) is 0.607. The van der Waals surface area contributed by atoms with Gasteiger partial charge in [-0.3, -0.25) is 9.59 Å². The second kappa shape index (κ2) is 4.72. The predicted molar refractivity (Wildman–Crippen MR) is 56.3 cm³/mol. The number of aryl methyl sites for hydroxylation is 1. The quantitative estimate of drug-likeness (QED) is 0.446. The Morgan fingerprint density at radius 2 is 2.27 bits per heavy atom. The Labute approximate surface area is 92.3 Å². The van der Waals surface area contributed by atoms with Gasteiger partial charge in [-0.2, -0.15) is 5.26 Å². The van der Waals surface area contributed by atoms with Crippen LogP contribution < -0.4 is 0 Å². The number of nitrogens with zero attached hydrogens (tertiary/aromatic N) is 1. The van der Waals surface area contributed by atoms with E-state index in [1.165, 1.54) is 6.07 Å². The molecule has 0 N–H and O–H groups in total. The normalized spacial score (nSPS) is 9.40. The minimum absolute atomic E-state index is 0.199. The SMILES string of the molecule is Cc1cc(C#N)cc(C(=O)CCl)c1C=O. The number of Topliss-reactive ketones (excluding diaryl/α,β-unsaturated/α-hetero) is 1. The molecule has 1 aromatic carbocycles. The molecular weight excluding hydrogens is 214 g/mol. The summed E-state index contributed by atoms with van der Waals surface area (Å²) < 4.78 is 0. The molecule has 15 heavy (non-hydrogen) atoms. The third-order valence-corrected chi connectivity index (χ3v) is 2.30. The fourth-order valence-corrected chi connectivity index (χ4v) is 1.47. The van der Waals surface area contributed by atoms with Crippen molar-refractivity contribution in [1.82, 2.24) is 0 Å². The number of halogens is 1. The lowest BCUT2D eigenvalue weighted by Gasteiger charge is -2.05. The molecule has 3 nitrogen and oxygen atoms in total. The topological polar surface area (TPSA) is 57.9 Å². The van der Waals surface area contributed by atoms with E-state index in [9.17, 15) is 9.59 Å². The second-order valence-electron chi connectivity index (χ2n) is 3.04. The first kappa shape index (κ1) is 11.4. The molecule has 76 valence electrons. The Bertz CT molecular complexity index is 460. The molecule has 1 aromatic rings. The zero-order chi connectivity index (χ0) is 11.4. The first-order chi connectivity index (χ1) is 7.13. The van der Waals surface area contributed by atoms with E-state index in [0.29, 0.717) is 23.0 Å². The summed E-state index contributed by atoms with van der Waals surface area (Å²) in [5, 5.41) is 8.72. The minimum Gasteiger partial charge on any atom is -0.298 e. The summed E-state index contributed by atoms with van der Waals surface area (Å²) in [5.41, 5.74) is 1.49. The molecule has 0 aromatic heterocycles. The maximum absolute atomic E-state index is 11.4. The number of nitriles is 1. The summed E-state index contributed by atoms with van der Waals surface area (Å²) in [7, 11) is 0. The van der Waals surface area contributed by atoms with Crippen LogP contribution in [-0.4, -0.2) is 17.9 Å². The largest absolute Gasteiger partial charge is 0.298 e. The molecule has 0 saturated heterocycles. The van der Waals surface area contributed by atoms with E-state index in [4.69, 9.17) is 16.9 Å². The first-order valence-corrected chi connectivity index (χ1v) is 4.76. The van der Waals surface area contributed by atoms with Crippen molar-refractivity contribution >= 4 is 23.7 Å². The molecule has 1 rings (SSSR count). The van der Waals surface area contributed by atoms with E-state index in [1.807, 2.05) is 6.07 Å². The highest BCUT2D eigenvalue weighted by Crippen LogP contribution is 2.16. The number of rotatable bonds is 3. The Morgan fingerprint density at radius 3 is 2.73 bits per heavy atom. The predicted octanol–water partition coefficient (Wildman–Crippen LogP) is 2.10. The van der Waals surface area contributed by atoms with Crippen LogP contribution in [0.15, 0.2) is 12.1 Å². The van der Waals surface area contributed by atoms with Crippen LogP contribution in [0, 0.1) is 18.3 Å². The van der Waals surface area contributed by atoms with E-state index in [2.05, 4.69) is 0 Å². The smallest absolute Gasteiger partial charge is 0.178 e. The molecule has 0 heterocycles. The average Bonchev–Trinajstić information content (AvgIpc) is 2.26. The van der Waals surface area contributed by atoms with E-state index in [-0.39, 0.29) is 17.2 Å². The van der Waals surface area contributed by atoms with Crippen LogP contribution in [0.5, 0.6) is 0 Å². The number of carbonyl (C=O) groups is 2. The number of carbonyl (C=O) groups excluding carboxylic acids is 2. The van der Waals surface area contributed by atoms with Crippen LogP contribution in [0.1, 0.15) is 31.8 Å². The fraction of sp³-hybridized carbons (Fsp3) is 0.182. The Hall–Kier alpha value is -1.66. The molecule has 0 spiro atoms. The zero-order valence-electron chi connectivity index (χ0n) is 8.08. The van der Waals surface area contributed by atoms with Crippen LogP contribution in [0.25, 0.3) is 0 Å². The van der Waals surface area contributed by atoms with Crippen molar-refractivity contribution in [2.75, 3.05) is 5.88 Å². The van der Waals surface area contributed by atoms with Gasteiger partial charge in [0.2, 0.25) is 0 Å². The highest BCUT2D eigenvalue weighted by atomic mass is 35.5. The van der Waals surface area contributed by atoms with Crippen molar-refractivity contribution < 1.29 is 9.59 Å². The van der Waals surface area contributed by atoms with Crippen molar-refractivity contribution in [1.29, 1.82) is 5.26 Å². The Balaban J connectivity index is 3.46. The molecule has 0 aliphatic rings. The van der Waals surface area contributed by atoms with Gasteiger partial charge in [-0.1, -0.05) is 0 Å². The first-order valence-electron chi connectivity index (χ1n) is 4.23. The lowest BCUT2D eigenvalue weighted by Crippen LogP contribution is -2.07. The molecule has 0 radical (unpaired) electrons. The standard InChI is InChI=1S/C11H8ClNO2/c1-7-2-8(5-13)3-9(10(7)6-14)11(15)4-12/h2-3,6H,4H2,1H3. The third-order valence-electron chi connectivity index (χ3n) is 2.06. The van der Waals surface area contributed by atoms with Crippen molar-refractivity contribution in [2.24, 2.45) is 0 Å². The lowest BCUT2D eigenvalue weighted by molar-refractivity contribution is 0.101. The van der Waals surface area contributed by atoms with Crippen LogP contribution in [0.4, 0.5) is 0 Å². The van der Waals surface area contributed by atoms with Crippen LogP contribution >= 0.6 is 11.6 Å². The van der Waals surface area contributed by atoms with E-state index in [0.717, 1.165) is 0 Å². The van der Waals surface area contributed by atoms with Crippen LogP contribution in [0.3, 0.4) is 0 Å². The fourth-order valence-electron chi connectivity index (χ4n) is 1.32.